The van der Waals surface area contributed by atoms with Gasteiger partial charge in [-0.3, -0.25) is 0 Å². The Morgan fingerprint density at radius 2 is 2.18 bits per heavy atom. The number of ether oxygens (including phenoxy) is 1. The standard InChI is InChI=1S/C18H25N3O/c1-14-9-15(2)21(19-14)18-6-4-5-16(10-18)11-20(3)12-17-7-8-22-13-17/h4-6,9-10,17H,7-8,11-13H2,1-3H3. The van der Waals surface area contributed by atoms with Crippen LogP contribution in [0.15, 0.2) is 30.3 Å². The molecule has 1 aromatic carbocycles. The maximum absolute atomic E-state index is 5.46. The average molecular weight is 299 g/mol. The second-order valence-electron chi connectivity index (χ2n) is 6.44. The summed E-state index contributed by atoms with van der Waals surface area (Å²) in [5, 5.41) is 4.57. The molecule has 0 N–H and O–H groups in total. The van der Waals surface area contributed by atoms with Gasteiger partial charge in [-0.15, -0.1) is 0 Å². The lowest BCUT2D eigenvalue weighted by Gasteiger charge is -2.20. The molecule has 1 aromatic heterocycles. The molecule has 3 rings (SSSR count). The molecule has 1 saturated heterocycles. The van der Waals surface area contributed by atoms with E-state index in [2.05, 4.69) is 54.3 Å². The van der Waals surface area contributed by atoms with E-state index in [0.717, 1.165) is 37.7 Å². The Morgan fingerprint density at radius 1 is 1.32 bits per heavy atom. The van der Waals surface area contributed by atoms with Crippen molar-refractivity contribution in [3.63, 3.8) is 0 Å². The van der Waals surface area contributed by atoms with E-state index in [9.17, 15) is 0 Å². The molecule has 0 radical (unpaired) electrons. The second kappa shape index (κ2) is 6.63. The van der Waals surface area contributed by atoms with Gasteiger partial charge >= 0.3 is 0 Å². The van der Waals surface area contributed by atoms with Gasteiger partial charge in [0.05, 0.1) is 18.0 Å². The average Bonchev–Trinajstić information content (AvgIpc) is 3.08. The molecule has 4 heteroatoms. The maximum atomic E-state index is 5.46. The molecular weight excluding hydrogens is 274 g/mol. The first-order valence-electron chi connectivity index (χ1n) is 8.00. The third-order valence-electron chi connectivity index (χ3n) is 4.21. The number of rotatable bonds is 5. The Kier molecular flexibility index (Phi) is 4.60. The van der Waals surface area contributed by atoms with Crippen LogP contribution in [0.1, 0.15) is 23.4 Å². The smallest absolute Gasteiger partial charge is 0.0651 e. The topological polar surface area (TPSA) is 30.3 Å². The molecule has 118 valence electrons. The molecule has 1 unspecified atom stereocenters. The fraction of sp³-hybridized carbons (Fsp3) is 0.500. The Balaban J connectivity index is 1.69. The first-order valence-corrected chi connectivity index (χ1v) is 8.00. The normalized spacial score (nSPS) is 18.3. The SMILES string of the molecule is Cc1cc(C)n(-c2cccc(CN(C)CC3CCOC3)c2)n1. The number of aryl methyl sites for hydroxylation is 2. The van der Waals surface area contributed by atoms with E-state index in [0.29, 0.717) is 5.92 Å². The number of nitrogens with zero attached hydrogens (tertiary/aromatic N) is 3. The van der Waals surface area contributed by atoms with Crippen LogP contribution >= 0.6 is 0 Å². The van der Waals surface area contributed by atoms with Gasteiger partial charge in [0.1, 0.15) is 0 Å². The van der Waals surface area contributed by atoms with E-state index >= 15 is 0 Å². The van der Waals surface area contributed by atoms with Crippen LogP contribution in [0.4, 0.5) is 0 Å². The van der Waals surface area contributed by atoms with Crippen molar-refractivity contribution >= 4 is 0 Å². The molecular formula is C18H25N3O. The summed E-state index contributed by atoms with van der Waals surface area (Å²) >= 11 is 0. The van der Waals surface area contributed by atoms with Gasteiger partial charge in [0.2, 0.25) is 0 Å². The zero-order valence-corrected chi connectivity index (χ0v) is 13.7. The summed E-state index contributed by atoms with van der Waals surface area (Å²) in [7, 11) is 2.19. The third-order valence-corrected chi connectivity index (χ3v) is 4.21. The highest BCUT2D eigenvalue weighted by atomic mass is 16.5. The van der Waals surface area contributed by atoms with Gasteiger partial charge < -0.3 is 9.64 Å². The minimum atomic E-state index is 0.684. The predicted octanol–water partition coefficient (Wildman–Crippen LogP) is 2.96. The molecule has 2 heterocycles. The van der Waals surface area contributed by atoms with Gasteiger partial charge in [-0.1, -0.05) is 12.1 Å². The molecule has 1 fully saturated rings. The summed E-state index contributed by atoms with van der Waals surface area (Å²) in [6.07, 6.45) is 1.19. The van der Waals surface area contributed by atoms with E-state index in [4.69, 9.17) is 4.74 Å². The lowest BCUT2D eigenvalue weighted by molar-refractivity contribution is 0.173. The van der Waals surface area contributed by atoms with Crippen LogP contribution in [-0.4, -0.2) is 41.5 Å². The van der Waals surface area contributed by atoms with Crippen LogP contribution < -0.4 is 0 Å². The van der Waals surface area contributed by atoms with Crippen molar-refractivity contribution in [2.75, 3.05) is 26.8 Å². The largest absolute Gasteiger partial charge is 0.381 e. The van der Waals surface area contributed by atoms with Gasteiger partial charge in [0, 0.05) is 25.4 Å². The molecule has 0 bridgehead atoms. The fourth-order valence-corrected chi connectivity index (χ4v) is 3.22. The van der Waals surface area contributed by atoms with Crippen LogP contribution in [0.5, 0.6) is 0 Å². The highest BCUT2D eigenvalue weighted by molar-refractivity contribution is 5.37. The Labute approximate surface area is 132 Å². The summed E-state index contributed by atoms with van der Waals surface area (Å²) in [5.74, 6) is 0.684. The van der Waals surface area contributed by atoms with E-state index in [1.54, 1.807) is 0 Å². The predicted molar refractivity (Wildman–Crippen MR) is 88.3 cm³/mol. The number of hydrogen-bond acceptors (Lipinski definition) is 3. The minimum absolute atomic E-state index is 0.684. The van der Waals surface area contributed by atoms with Crippen molar-refractivity contribution in [2.45, 2.75) is 26.8 Å². The molecule has 1 atom stereocenters. The zero-order valence-electron chi connectivity index (χ0n) is 13.7. The van der Waals surface area contributed by atoms with Crippen LogP contribution in [0.3, 0.4) is 0 Å². The second-order valence-corrected chi connectivity index (χ2v) is 6.44. The van der Waals surface area contributed by atoms with Gasteiger partial charge in [-0.25, -0.2) is 4.68 Å². The molecule has 22 heavy (non-hydrogen) atoms. The van der Waals surface area contributed by atoms with Crippen LogP contribution in [-0.2, 0) is 11.3 Å². The Morgan fingerprint density at radius 3 is 2.86 bits per heavy atom. The van der Waals surface area contributed by atoms with E-state index in [-0.39, 0.29) is 0 Å². The zero-order chi connectivity index (χ0) is 15.5. The van der Waals surface area contributed by atoms with E-state index < -0.39 is 0 Å². The highest BCUT2D eigenvalue weighted by Gasteiger charge is 2.17. The lowest BCUT2D eigenvalue weighted by atomic mass is 10.1. The lowest BCUT2D eigenvalue weighted by Crippen LogP contribution is -2.25. The van der Waals surface area contributed by atoms with Crippen molar-refractivity contribution in [3.05, 3.63) is 47.3 Å². The number of benzene rings is 1. The van der Waals surface area contributed by atoms with Gasteiger partial charge in [0.25, 0.3) is 0 Å². The summed E-state index contributed by atoms with van der Waals surface area (Å²) in [4.78, 5) is 2.39. The summed E-state index contributed by atoms with van der Waals surface area (Å²) in [5.41, 5.74) is 4.69. The van der Waals surface area contributed by atoms with Crippen LogP contribution in [0.2, 0.25) is 0 Å². The van der Waals surface area contributed by atoms with Crippen molar-refractivity contribution in [1.82, 2.24) is 14.7 Å². The van der Waals surface area contributed by atoms with E-state index in [1.807, 2.05) is 11.6 Å². The summed E-state index contributed by atoms with van der Waals surface area (Å²) < 4.78 is 7.48. The van der Waals surface area contributed by atoms with Gasteiger partial charge in [-0.05, 0) is 57.0 Å². The van der Waals surface area contributed by atoms with E-state index in [1.165, 1.54) is 17.7 Å². The number of hydrogen-bond donors (Lipinski definition) is 0. The summed E-state index contributed by atoms with van der Waals surface area (Å²) in [6.45, 7) is 8.03. The maximum Gasteiger partial charge on any atom is 0.0651 e. The molecule has 0 spiro atoms. The Hall–Kier alpha value is -1.65. The molecule has 0 aliphatic carbocycles. The highest BCUT2D eigenvalue weighted by Crippen LogP contribution is 2.17. The van der Waals surface area contributed by atoms with Crippen molar-refractivity contribution < 1.29 is 4.74 Å². The van der Waals surface area contributed by atoms with Gasteiger partial charge in [-0.2, -0.15) is 5.10 Å². The molecule has 2 aromatic rings. The molecule has 0 amide bonds. The quantitative estimate of drug-likeness (QED) is 0.850. The Bertz CT molecular complexity index is 629. The van der Waals surface area contributed by atoms with Crippen molar-refractivity contribution in [3.8, 4) is 5.69 Å². The molecule has 0 saturated carbocycles. The van der Waals surface area contributed by atoms with Crippen molar-refractivity contribution in [2.24, 2.45) is 5.92 Å². The monoisotopic (exact) mass is 299 g/mol. The van der Waals surface area contributed by atoms with Crippen LogP contribution in [0, 0.1) is 19.8 Å². The molecule has 1 aliphatic heterocycles. The van der Waals surface area contributed by atoms with Crippen LogP contribution in [0.25, 0.3) is 5.69 Å². The third kappa shape index (κ3) is 3.57. The van der Waals surface area contributed by atoms with Gasteiger partial charge in [0.15, 0.2) is 0 Å². The van der Waals surface area contributed by atoms with Crippen molar-refractivity contribution in [1.29, 1.82) is 0 Å². The first-order chi connectivity index (χ1) is 10.6. The first kappa shape index (κ1) is 15.3. The molecule has 4 nitrogen and oxygen atoms in total. The fourth-order valence-electron chi connectivity index (χ4n) is 3.22. The minimum Gasteiger partial charge on any atom is -0.381 e. The molecule has 1 aliphatic rings. The summed E-state index contributed by atoms with van der Waals surface area (Å²) in [6, 6.07) is 10.8. The number of aromatic nitrogens is 2.